The largest absolute Gasteiger partial charge is 0.383 e. The maximum Gasteiger partial charge on any atom is 0.349 e. The molecule has 1 aromatic heterocycles. The maximum absolute atomic E-state index is 13.2. The van der Waals surface area contributed by atoms with E-state index < -0.39 is 34.7 Å². The third-order valence-corrected chi connectivity index (χ3v) is 6.76. The highest BCUT2D eigenvalue weighted by Gasteiger charge is 2.39. The number of nitrogens with zero attached hydrogens (tertiary/aromatic N) is 2. The van der Waals surface area contributed by atoms with Gasteiger partial charge in [-0.3, -0.25) is 14.8 Å². The monoisotopic (exact) mass is 502 g/mol. The standard InChI is InChI=1S/C25H34N4O5S/c1-17(2)13-14-19(30)23(32)29(34)24(33)28-21(22(31)27-20-12-8-9-15-26-20)25(3,4)35-16-18-10-6-5-7-11-18/h5-12,15,17,19,21,30,34H,13-14,16H2,1-4H3,(H,28,33)(H,26,27,31)/t19-,21-/m0/s1. The van der Waals surface area contributed by atoms with E-state index in [1.165, 1.54) is 18.0 Å². The molecule has 10 heteroatoms. The molecular weight excluding hydrogens is 468 g/mol. The lowest BCUT2D eigenvalue weighted by Gasteiger charge is -2.34. The van der Waals surface area contributed by atoms with Crippen LogP contribution in [0.4, 0.5) is 10.6 Å². The Hall–Kier alpha value is -2.95. The van der Waals surface area contributed by atoms with Crippen LogP contribution in [0.3, 0.4) is 0 Å². The fourth-order valence-electron chi connectivity index (χ4n) is 3.16. The lowest BCUT2D eigenvalue weighted by molar-refractivity contribution is -0.162. The van der Waals surface area contributed by atoms with Crippen LogP contribution in [0.2, 0.25) is 0 Å². The van der Waals surface area contributed by atoms with Crippen molar-refractivity contribution in [3.05, 3.63) is 60.3 Å². The first kappa shape index (κ1) is 28.3. The number of nitrogens with one attached hydrogen (secondary N) is 2. The number of hydroxylamine groups is 2. The number of pyridine rings is 1. The molecule has 0 spiro atoms. The number of hydrogen-bond acceptors (Lipinski definition) is 7. The number of carbonyl (C=O) groups is 3. The minimum absolute atomic E-state index is 0.100. The van der Waals surface area contributed by atoms with Gasteiger partial charge < -0.3 is 15.7 Å². The third-order valence-electron chi connectivity index (χ3n) is 5.30. The number of thioether (sulfide) groups is 1. The Morgan fingerprint density at radius 3 is 2.31 bits per heavy atom. The lowest BCUT2D eigenvalue weighted by Crippen LogP contribution is -2.58. The molecule has 0 aliphatic heterocycles. The Kier molecular flexibility index (Phi) is 10.7. The highest BCUT2D eigenvalue weighted by molar-refractivity contribution is 7.99. The summed E-state index contributed by atoms with van der Waals surface area (Å²) in [5.74, 6) is -0.625. The summed E-state index contributed by atoms with van der Waals surface area (Å²) < 4.78 is -0.857. The van der Waals surface area contributed by atoms with E-state index >= 15 is 0 Å². The van der Waals surface area contributed by atoms with Gasteiger partial charge in [0.1, 0.15) is 18.0 Å². The number of urea groups is 1. The zero-order valence-electron chi connectivity index (χ0n) is 20.5. The number of aliphatic hydroxyl groups is 1. The van der Waals surface area contributed by atoms with Crippen molar-refractivity contribution in [1.29, 1.82) is 0 Å². The zero-order chi connectivity index (χ0) is 26.0. The molecule has 0 unspecified atom stereocenters. The smallest absolute Gasteiger partial charge is 0.349 e. The van der Waals surface area contributed by atoms with Crippen LogP contribution in [-0.2, 0) is 15.3 Å². The Balaban J connectivity index is 2.17. The molecule has 1 aromatic carbocycles. The van der Waals surface area contributed by atoms with Crippen LogP contribution >= 0.6 is 11.8 Å². The number of imide groups is 1. The van der Waals surface area contributed by atoms with Gasteiger partial charge in [-0.05, 0) is 50.3 Å². The molecule has 2 rings (SSSR count). The molecule has 9 nitrogen and oxygen atoms in total. The minimum Gasteiger partial charge on any atom is -0.383 e. The van der Waals surface area contributed by atoms with E-state index in [4.69, 9.17) is 0 Å². The number of hydrogen-bond donors (Lipinski definition) is 4. The van der Waals surface area contributed by atoms with E-state index in [9.17, 15) is 24.7 Å². The molecule has 1 heterocycles. The van der Waals surface area contributed by atoms with E-state index in [1.807, 2.05) is 44.2 Å². The van der Waals surface area contributed by atoms with Gasteiger partial charge in [0.15, 0.2) is 0 Å². The second-order valence-electron chi connectivity index (χ2n) is 9.10. The number of benzene rings is 1. The van der Waals surface area contributed by atoms with E-state index in [1.54, 1.807) is 32.0 Å². The van der Waals surface area contributed by atoms with Gasteiger partial charge in [0.25, 0.3) is 5.91 Å². The van der Waals surface area contributed by atoms with Crippen molar-refractivity contribution in [1.82, 2.24) is 15.4 Å². The third kappa shape index (κ3) is 8.97. The summed E-state index contributed by atoms with van der Waals surface area (Å²) in [5, 5.41) is 25.2. The molecular formula is C25H34N4O5S. The molecule has 0 fully saturated rings. The van der Waals surface area contributed by atoms with Crippen molar-refractivity contribution in [2.24, 2.45) is 5.92 Å². The number of amides is 4. The van der Waals surface area contributed by atoms with E-state index in [-0.39, 0.29) is 17.4 Å². The van der Waals surface area contributed by atoms with Gasteiger partial charge in [0.2, 0.25) is 5.91 Å². The van der Waals surface area contributed by atoms with Gasteiger partial charge in [-0.1, -0.05) is 50.2 Å². The first-order valence-corrected chi connectivity index (χ1v) is 12.4. The number of carbonyl (C=O) groups excluding carboxylic acids is 3. The Morgan fingerprint density at radius 1 is 1.06 bits per heavy atom. The molecule has 4 N–H and O–H groups in total. The van der Waals surface area contributed by atoms with Crippen molar-refractivity contribution in [3.8, 4) is 0 Å². The summed E-state index contributed by atoms with van der Waals surface area (Å²) in [5.41, 5.74) is 1.04. The van der Waals surface area contributed by atoms with Gasteiger partial charge in [-0.25, -0.2) is 9.78 Å². The SMILES string of the molecule is CC(C)CC[C@H](O)C(=O)N(O)C(=O)N[C@@H](C(=O)Nc1ccccn1)C(C)(C)SCc1ccccc1. The summed E-state index contributed by atoms with van der Waals surface area (Å²) in [7, 11) is 0. The molecule has 2 atom stereocenters. The fourth-order valence-corrected chi connectivity index (χ4v) is 4.22. The van der Waals surface area contributed by atoms with Crippen LogP contribution in [0.15, 0.2) is 54.7 Å². The molecule has 0 saturated carbocycles. The maximum atomic E-state index is 13.2. The predicted molar refractivity (Wildman–Crippen MR) is 136 cm³/mol. The van der Waals surface area contributed by atoms with Gasteiger partial charge in [0, 0.05) is 16.7 Å². The van der Waals surface area contributed by atoms with Gasteiger partial charge in [-0.15, -0.1) is 16.8 Å². The van der Waals surface area contributed by atoms with Crippen LogP contribution in [-0.4, -0.2) is 55.1 Å². The van der Waals surface area contributed by atoms with Gasteiger partial charge in [-0.2, -0.15) is 0 Å². The zero-order valence-corrected chi connectivity index (χ0v) is 21.3. The Bertz CT molecular complexity index is 972. The number of rotatable bonds is 11. The highest BCUT2D eigenvalue weighted by atomic mass is 32.2. The van der Waals surface area contributed by atoms with Crippen LogP contribution in [0.1, 0.15) is 46.1 Å². The molecule has 0 radical (unpaired) electrons. The summed E-state index contributed by atoms with van der Waals surface area (Å²) in [6.45, 7) is 7.43. The van der Waals surface area contributed by atoms with Crippen LogP contribution in [0, 0.1) is 5.92 Å². The quantitative estimate of drug-likeness (QED) is 0.271. The molecule has 35 heavy (non-hydrogen) atoms. The predicted octanol–water partition coefficient (Wildman–Crippen LogP) is 3.83. The first-order valence-electron chi connectivity index (χ1n) is 11.4. The van der Waals surface area contributed by atoms with Crippen molar-refractivity contribution in [2.45, 2.75) is 63.2 Å². The number of aromatic nitrogens is 1. The summed E-state index contributed by atoms with van der Waals surface area (Å²) in [6.07, 6.45) is 0.628. The van der Waals surface area contributed by atoms with Crippen molar-refractivity contribution >= 4 is 35.4 Å². The highest BCUT2D eigenvalue weighted by Crippen LogP contribution is 2.32. The molecule has 0 bridgehead atoms. The topological polar surface area (TPSA) is 132 Å². The summed E-state index contributed by atoms with van der Waals surface area (Å²) in [6, 6.07) is 12.3. The molecule has 0 saturated heterocycles. The average Bonchev–Trinajstić information content (AvgIpc) is 2.84. The summed E-state index contributed by atoms with van der Waals surface area (Å²) >= 11 is 1.43. The van der Waals surface area contributed by atoms with Crippen LogP contribution in [0.5, 0.6) is 0 Å². The second kappa shape index (κ2) is 13.2. The molecule has 4 amide bonds. The van der Waals surface area contributed by atoms with Crippen LogP contribution < -0.4 is 10.6 Å². The Labute approximate surface area is 210 Å². The number of anilines is 1. The van der Waals surface area contributed by atoms with Crippen molar-refractivity contribution < 1.29 is 24.7 Å². The van der Waals surface area contributed by atoms with E-state index in [0.717, 1.165) is 5.56 Å². The Morgan fingerprint density at radius 2 is 1.71 bits per heavy atom. The van der Waals surface area contributed by atoms with Crippen molar-refractivity contribution in [3.63, 3.8) is 0 Å². The average molecular weight is 503 g/mol. The second-order valence-corrected chi connectivity index (χ2v) is 10.7. The van der Waals surface area contributed by atoms with E-state index in [0.29, 0.717) is 18.0 Å². The van der Waals surface area contributed by atoms with Gasteiger partial charge >= 0.3 is 6.03 Å². The van der Waals surface area contributed by atoms with Gasteiger partial charge in [0.05, 0.1) is 0 Å². The first-order chi connectivity index (χ1) is 16.5. The number of aliphatic hydroxyl groups excluding tert-OH is 1. The summed E-state index contributed by atoms with van der Waals surface area (Å²) in [4.78, 5) is 42.4. The van der Waals surface area contributed by atoms with Crippen LogP contribution in [0.25, 0.3) is 0 Å². The van der Waals surface area contributed by atoms with Crippen molar-refractivity contribution in [2.75, 3.05) is 5.32 Å². The molecule has 0 aliphatic carbocycles. The normalized spacial score (nSPS) is 13.1. The molecule has 2 aromatic rings. The fraction of sp³-hybridized carbons (Fsp3) is 0.440. The lowest BCUT2D eigenvalue weighted by atomic mass is 10.0. The van der Waals surface area contributed by atoms with E-state index in [2.05, 4.69) is 15.6 Å². The molecule has 0 aliphatic rings. The molecule has 190 valence electrons. The minimum atomic E-state index is -1.53.